The van der Waals surface area contributed by atoms with Crippen LogP contribution in [0.5, 0.6) is 0 Å². The second-order valence-corrected chi connectivity index (χ2v) is 13.0. The fourth-order valence-corrected chi connectivity index (χ4v) is 6.51. The van der Waals surface area contributed by atoms with Gasteiger partial charge in [-0.1, -0.05) is 18.9 Å². The fourth-order valence-electron chi connectivity index (χ4n) is 5.96. The number of aromatic nitrogens is 2. The number of rotatable bonds is 7. The third-order valence-electron chi connectivity index (χ3n) is 7.97. The second kappa shape index (κ2) is 9.13. The largest absolute Gasteiger partial charge is 0.378 e. The fraction of sp³-hybridized carbons (Fsp3) is 0.577. The summed E-state index contributed by atoms with van der Waals surface area (Å²) in [5.74, 6) is -0.632. The minimum atomic E-state index is -3.51. The van der Waals surface area contributed by atoms with E-state index in [0.29, 0.717) is 36.0 Å². The number of benzene rings is 1. The quantitative estimate of drug-likeness (QED) is 0.561. The van der Waals surface area contributed by atoms with E-state index in [1.165, 1.54) is 24.1 Å². The molecular weight excluding hydrogens is 494 g/mol. The zero-order chi connectivity index (χ0) is 25.8. The smallest absolute Gasteiger partial charge is 0.257 e. The van der Waals surface area contributed by atoms with E-state index in [4.69, 9.17) is 9.84 Å². The van der Waals surface area contributed by atoms with Crippen molar-refractivity contribution in [2.24, 2.45) is 5.92 Å². The lowest BCUT2D eigenvalue weighted by molar-refractivity contribution is -0.113. The Morgan fingerprint density at radius 2 is 2.05 bits per heavy atom. The Kier molecular flexibility index (Phi) is 6.02. The van der Waals surface area contributed by atoms with Crippen LogP contribution >= 0.6 is 0 Å². The molecule has 1 aromatic heterocycles. The Bertz CT molecular complexity index is 1360. The number of fused-ring (bicyclic) bond motifs is 3. The van der Waals surface area contributed by atoms with Gasteiger partial charge in [-0.25, -0.2) is 13.1 Å². The molecule has 2 N–H and O–H groups in total. The zero-order valence-corrected chi connectivity index (χ0v) is 21.9. The Labute approximate surface area is 216 Å². The molecule has 2 amide bonds. The highest BCUT2D eigenvalue weighted by molar-refractivity contribution is 7.91. The molecule has 37 heavy (non-hydrogen) atoms. The summed E-state index contributed by atoms with van der Waals surface area (Å²) in [5, 5.41) is 10.8. The number of carbonyl (C=O) groups is 2. The second-order valence-electron chi connectivity index (χ2n) is 10.9. The van der Waals surface area contributed by atoms with Gasteiger partial charge in [-0.05, 0) is 48.4 Å². The van der Waals surface area contributed by atoms with Crippen molar-refractivity contribution in [2.75, 3.05) is 48.5 Å². The molecule has 2 fully saturated rings. The predicted octanol–water partition coefficient (Wildman–Crippen LogP) is 1.63. The number of hydrogen-bond donors (Lipinski definition) is 2. The molecule has 2 aliphatic carbocycles. The standard InChI is InChI=1S/C26H33N5O5S/c1-37(34,35)16-22(32)27-24-23-21(29-31(24)9-7-17-2-3-17)15-26(28-25(23)33)8-6-18-14-19(4-5-20(18)26)30-10-12-36-13-11-30/h4-5,14,17H,2-3,6-13,15-16H2,1H3,(H,27,32)(H,28,33)/t26-/m1/s1. The number of anilines is 2. The highest BCUT2D eigenvalue weighted by Crippen LogP contribution is 2.44. The van der Waals surface area contributed by atoms with Crippen molar-refractivity contribution in [3.8, 4) is 0 Å². The molecule has 4 aliphatic rings. The number of amides is 2. The molecule has 1 aromatic carbocycles. The molecular formula is C26H33N5O5S. The molecule has 1 atom stereocenters. The summed E-state index contributed by atoms with van der Waals surface area (Å²) in [7, 11) is -3.51. The van der Waals surface area contributed by atoms with Gasteiger partial charge in [0.25, 0.3) is 5.91 Å². The summed E-state index contributed by atoms with van der Waals surface area (Å²) < 4.78 is 30.5. The average Bonchev–Trinajstić information content (AvgIpc) is 3.54. The number of nitrogens with zero attached hydrogens (tertiary/aromatic N) is 3. The third kappa shape index (κ3) is 4.86. The summed E-state index contributed by atoms with van der Waals surface area (Å²) >= 11 is 0. The van der Waals surface area contributed by atoms with E-state index in [2.05, 4.69) is 33.7 Å². The van der Waals surface area contributed by atoms with Crippen molar-refractivity contribution in [1.29, 1.82) is 0 Å². The maximum atomic E-state index is 13.6. The summed E-state index contributed by atoms with van der Waals surface area (Å²) in [6.45, 7) is 3.77. The first-order valence-electron chi connectivity index (χ1n) is 13.1. The maximum absolute atomic E-state index is 13.6. The molecule has 1 spiro atoms. The maximum Gasteiger partial charge on any atom is 0.257 e. The Hall–Kier alpha value is -2.92. The van der Waals surface area contributed by atoms with E-state index in [1.807, 2.05) is 0 Å². The van der Waals surface area contributed by atoms with E-state index >= 15 is 0 Å². The first-order chi connectivity index (χ1) is 17.7. The molecule has 1 saturated carbocycles. The van der Waals surface area contributed by atoms with Gasteiger partial charge in [0.15, 0.2) is 9.84 Å². The van der Waals surface area contributed by atoms with Crippen molar-refractivity contribution in [2.45, 2.75) is 50.6 Å². The van der Waals surface area contributed by atoms with E-state index in [9.17, 15) is 18.0 Å². The predicted molar refractivity (Wildman–Crippen MR) is 139 cm³/mol. The molecule has 10 nitrogen and oxygen atoms in total. The third-order valence-corrected chi connectivity index (χ3v) is 8.76. The highest BCUT2D eigenvalue weighted by atomic mass is 32.2. The lowest BCUT2D eigenvalue weighted by Gasteiger charge is -2.35. The van der Waals surface area contributed by atoms with Crippen molar-refractivity contribution >= 4 is 33.2 Å². The molecule has 11 heteroatoms. The number of morpholine rings is 1. The minimum Gasteiger partial charge on any atom is -0.378 e. The van der Waals surface area contributed by atoms with Gasteiger partial charge >= 0.3 is 0 Å². The molecule has 198 valence electrons. The molecule has 0 radical (unpaired) electrons. The van der Waals surface area contributed by atoms with Crippen LogP contribution in [-0.4, -0.2) is 68.3 Å². The average molecular weight is 528 g/mol. The monoisotopic (exact) mass is 527 g/mol. The summed E-state index contributed by atoms with van der Waals surface area (Å²) in [4.78, 5) is 28.4. The minimum absolute atomic E-state index is 0.279. The van der Waals surface area contributed by atoms with Gasteiger partial charge in [-0.2, -0.15) is 5.10 Å². The van der Waals surface area contributed by atoms with Gasteiger partial charge in [0.05, 0.1) is 24.4 Å². The van der Waals surface area contributed by atoms with E-state index in [0.717, 1.165) is 57.4 Å². The Morgan fingerprint density at radius 3 is 2.78 bits per heavy atom. The van der Waals surface area contributed by atoms with Crippen LogP contribution in [0.15, 0.2) is 18.2 Å². The van der Waals surface area contributed by atoms with Crippen molar-refractivity contribution in [3.05, 3.63) is 40.6 Å². The van der Waals surface area contributed by atoms with Gasteiger partial charge in [0.2, 0.25) is 5.91 Å². The number of sulfone groups is 1. The number of hydrogen-bond acceptors (Lipinski definition) is 7. The van der Waals surface area contributed by atoms with Gasteiger partial charge in [0.1, 0.15) is 17.1 Å². The van der Waals surface area contributed by atoms with E-state index in [1.54, 1.807) is 4.68 Å². The van der Waals surface area contributed by atoms with Gasteiger partial charge in [-0.15, -0.1) is 0 Å². The normalized spacial score (nSPS) is 23.1. The summed E-state index contributed by atoms with van der Waals surface area (Å²) in [6.07, 6.45) is 6.48. The molecule has 0 unspecified atom stereocenters. The van der Waals surface area contributed by atoms with Crippen LogP contribution < -0.4 is 15.5 Å². The summed E-state index contributed by atoms with van der Waals surface area (Å²) in [6, 6.07) is 6.50. The summed E-state index contributed by atoms with van der Waals surface area (Å²) in [5.41, 5.74) is 4.01. The van der Waals surface area contributed by atoms with Crippen LogP contribution in [0.25, 0.3) is 0 Å². The zero-order valence-electron chi connectivity index (χ0n) is 21.1. The number of carbonyl (C=O) groups excluding carboxylic acids is 2. The van der Waals surface area contributed by atoms with Gasteiger partial charge in [0, 0.05) is 38.0 Å². The Balaban J connectivity index is 1.30. The molecule has 2 aromatic rings. The first kappa shape index (κ1) is 24.4. The van der Waals surface area contributed by atoms with E-state index < -0.39 is 27.0 Å². The molecule has 0 bridgehead atoms. The first-order valence-corrected chi connectivity index (χ1v) is 15.1. The molecule has 1 saturated heterocycles. The lowest BCUT2D eigenvalue weighted by atomic mass is 9.82. The van der Waals surface area contributed by atoms with Crippen LogP contribution in [0, 0.1) is 5.92 Å². The van der Waals surface area contributed by atoms with Gasteiger partial charge in [-0.3, -0.25) is 9.59 Å². The number of ether oxygens (including phenoxy) is 1. The van der Waals surface area contributed by atoms with Crippen molar-refractivity contribution in [3.63, 3.8) is 0 Å². The van der Waals surface area contributed by atoms with Crippen LogP contribution in [0.1, 0.15) is 52.9 Å². The number of nitrogens with one attached hydrogen (secondary N) is 2. The lowest BCUT2D eigenvalue weighted by Crippen LogP contribution is -2.50. The molecule has 6 rings (SSSR count). The SMILES string of the molecule is CS(=O)(=O)CC(=O)Nc1c2c(nn1CCC1CC1)C[C@@]1(CCc3cc(N4CCOCC4)ccc31)NC2=O. The molecule has 2 aliphatic heterocycles. The molecule has 3 heterocycles. The van der Waals surface area contributed by atoms with Crippen LogP contribution in [0.4, 0.5) is 11.5 Å². The van der Waals surface area contributed by atoms with Gasteiger partial charge < -0.3 is 20.3 Å². The van der Waals surface area contributed by atoms with Crippen LogP contribution in [0.2, 0.25) is 0 Å². The van der Waals surface area contributed by atoms with Crippen molar-refractivity contribution < 1.29 is 22.7 Å². The number of aryl methyl sites for hydroxylation is 2. The Morgan fingerprint density at radius 1 is 1.27 bits per heavy atom. The highest BCUT2D eigenvalue weighted by Gasteiger charge is 2.46. The van der Waals surface area contributed by atoms with E-state index in [-0.39, 0.29) is 5.91 Å². The van der Waals surface area contributed by atoms with Crippen molar-refractivity contribution in [1.82, 2.24) is 15.1 Å². The van der Waals surface area contributed by atoms with Crippen LogP contribution in [-0.2, 0) is 44.3 Å². The van der Waals surface area contributed by atoms with Crippen LogP contribution in [0.3, 0.4) is 0 Å². The topological polar surface area (TPSA) is 123 Å².